The van der Waals surface area contributed by atoms with Crippen LogP contribution in [0.25, 0.3) is 0 Å². The zero-order valence-electron chi connectivity index (χ0n) is 13.1. The summed E-state index contributed by atoms with van der Waals surface area (Å²) < 4.78 is 15.3. The summed E-state index contributed by atoms with van der Waals surface area (Å²) in [6.45, 7) is 3.31. The van der Waals surface area contributed by atoms with Crippen molar-refractivity contribution in [2.75, 3.05) is 46.8 Å². The van der Waals surface area contributed by atoms with Crippen LogP contribution >= 0.6 is 0 Å². The predicted octanol–water partition coefficient (Wildman–Crippen LogP) is 1.40. The summed E-state index contributed by atoms with van der Waals surface area (Å²) in [5.41, 5.74) is 6.80. The monoisotopic (exact) mass is 296 g/mol. The first kappa shape index (κ1) is 17.3. The minimum Gasteiger partial charge on any atom is -0.497 e. The number of nitrogens with two attached hydrogens (primary N) is 1. The van der Waals surface area contributed by atoms with Gasteiger partial charge in [0.05, 0.1) is 31.9 Å². The summed E-state index contributed by atoms with van der Waals surface area (Å²) in [5, 5.41) is 0. The van der Waals surface area contributed by atoms with Crippen molar-refractivity contribution in [1.82, 2.24) is 4.90 Å². The number of rotatable bonds is 8. The van der Waals surface area contributed by atoms with Gasteiger partial charge in [-0.15, -0.1) is 0 Å². The standard InChI is InChI=1S/C15H24N2O4/c1-11(10-20-3)17(7-8-19-2)15(18)13-6-5-12(21-4)9-14(13)16/h5-6,9,11H,7-8,10,16H2,1-4H3. The molecule has 0 aliphatic heterocycles. The fraction of sp³-hybridized carbons (Fsp3) is 0.533. The van der Waals surface area contributed by atoms with Crippen LogP contribution in [0.15, 0.2) is 18.2 Å². The molecule has 1 rings (SSSR count). The summed E-state index contributed by atoms with van der Waals surface area (Å²) >= 11 is 0. The molecule has 0 heterocycles. The highest BCUT2D eigenvalue weighted by molar-refractivity contribution is 5.99. The molecule has 0 saturated heterocycles. The van der Waals surface area contributed by atoms with Crippen LogP contribution in [-0.2, 0) is 9.47 Å². The Hall–Kier alpha value is -1.79. The van der Waals surface area contributed by atoms with E-state index in [4.69, 9.17) is 19.9 Å². The van der Waals surface area contributed by atoms with Crippen LogP contribution in [0.4, 0.5) is 5.69 Å². The van der Waals surface area contributed by atoms with Crippen LogP contribution in [0.1, 0.15) is 17.3 Å². The summed E-state index contributed by atoms with van der Waals surface area (Å²) in [5.74, 6) is 0.481. The molecule has 0 aliphatic carbocycles. The number of benzene rings is 1. The van der Waals surface area contributed by atoms with Crippen molar-refractivity contribution in [2.45, 2.75) is 13.0 Å². The summed E-state index contributed by atoms with van der Waals surface area (Å²) in [6, 6.07) is 4.97. The predicted molar refractivity (Wildman–Crippen MR) is 81.7 cm³/mol. The highest BCUT2D eigenvalue weighted by Crippen LogP contribution is 2.21. The number of nitrogens with zero attached hydrogens (tertiary/aromatic N) is 1. The zero-order valence-corrected chi connectivity index (χ0v) is 13.1. The van der Waals surface area contributed by atoms with Crippen molar-refractivity contribution in [3.63, 3.8) is 0 Å². The SMILES string of the molecule is COCCN(C(=O)c1ccc(OC)cc1N)C(C)COC. The van der Waals surface area contributed by atoms with E-state index in [0.29, 0.717) is 36.8 Å². The van der Waals surface area contributed by atoms with Crippen molar-refractivity contribution < 1.29 is 19.0 Å². The average molecular weight is 296 g/mol. The van der Waals surface area contributed by atoms with Crippen LogP contribution < -0.4 is 10.5 Å². The van der Waals surface area contributed by atoms with Gasteiger partial charge in [-0.2, -0.15) is 0 Å². The van der Waals surface area contributed by atoms with Crippen LogP contribution in [0.3, 0.4) is 0 Å². The second-order valence-electron chi connectivity index (χ2n) is 4.75. The highest BCUT2D eigenvalue weighted by atomic mass is 16.5. The minimum absolute atomic E-state index is 0.0702. The maximum absolute atomic E-state index is 12.7. The Kier molecular flexibility index (Phi) is 6.98. The third kappa shape index (κ3) is 4.61. The molecule has 0 aliphatic rings. The number of anilines is 1. The summed E-state index contributed by atoms with van der Waals surface area (Å²) in [7, 11) is 4.77. The Bertz CT molecular complexity index is 465. The van der Waals surface area contributed by atoms with E-state index in [2.05, 4.69) is 0 Å². The molecule has 1 atom stereocenters. The normalized spacial score (nSPS) is 12.0. The van der Waals surface area contributed by atoms with Crippen molar-refractivity contribution in [3.05, 3.63) is 23.8 Å². The first-order chi connectivity index (χ1) is 10.0. The van der Waals surface area contributed by atoms with Gasteiger partial charge in [-0.05, 0) is 19.1 Å². The Labute approximate surface area is 125 Å². The smallest absolute Gasteiger partial charge is 0.256 e. The zero-order chi connectivity index (χ0) is 15.8. The summed E-state index contributed by atoms with van der Waals surface area (Å²) in [6.07, 6.45) is 0. The third-order valence-electron chi connectivity index (χ3n) is 3.23. The fourth-order valence-corrected chi connectivity index (χ4v) is 2.06. The van der Waals surface area contributed by atoms with Gasteiger partial charge >= 0.3 is 0 Å². The fourth-order valence-electron chi connectivity index (χ4n) is 2.06. The average Bonchev–Trinajstić information content (AvgIpc) is 2.47. The van der Waals surface area contributed by atoms with Gasteiger partial charge in [0, 0.05) is 32.5 Å². The molecule has 0 spiro atoms. The molecule has 0 fully saturated rings. The number of methoxy groups -OCH3 is 3. The molecule has 118 valence electrons. The largest absolute Gasteiger partial charge is 0.497 e. The summed E-state index contributed by atoms with van der Waals surface area (Å²) in [4.78, 5) is 14.4. The van der Waals surface area contributed by atoms with E-state index in [1.165, 1.54) is 0 Å². The van der Waals surface area contributed by atoms with Gasteiger partial charge in [0.2, 0.25) is 0 Å². The number of hydrogen-bond donors (Lipinski definition) is 1. The molecular formula is C15H24N2O4. The number of carbonyl (C=O) groups excluding carboxylic acids is 1. The molecule has 2 N–H and O–H groups in total. The van der Waals surface area contributed by atoms with Crippen molar-refractivity contribution in [2.24, 2.45) is 0 Å². The van der Waals surface area contributed by atoms with Gasteiger partial charge in [0.25, 0.3) is 5.91 Å². The van der Waals surface area contributed by atoms with Crippen LogP contribution in [-0.4, -0.2) is 57.9 Å². The lowest BCUT2D eigenvalue weighted by Crippen LogP contribution is -2.43. The minimum atomic E-state index is -0.142. The number of ether oxygens (including phenoxy) is 3. The molecule has 6 nitrogen and oxygen atoms in total. The lowest BCUT2D eigenvalue weighted by Gasteiger charge is -2.29. The molecule has 0 bridgehead atoms. The van der Waals surface area contributed by atoms with Crippen molar-refractivity contribution >= 4 is 11.6 Å². The van der Waals surface area contributed by atoms with Gasteiger partial charge in [0.15, 0.2) is 0 Å². The van der Waals surface area contributed by atoms with E-state index in [1.807, 2.05) is 6.92 Å². The third-order valence-corrected chi connectivity index (χ3v) is 3.23. The van der Waals surface area contributed by atoms with Gasteiger partial charge < -0.3 is 24.8 Å². The second-order valence-corrected chi connectivity index (χ2v) is 4.75. The van der Waals surface area contributed by atoms with Gasteiger partial charge in [-0.3, -0.25) is 4.79 Å². The lowest BCUT2D eigenvalue weighted by atomic mass is 10.1. The highest BCUT2D eigenvalue weighted by Gasteiger charge is 2.23. The topological polar surface area (TPSA) is 74.0 Å². The molecule has 1 unspecified atom stereocenters. The maximum Gasteiger partial charge on any atom is 0.256 e. The van der Waals surface area contributed by atoms with Gasteiger partial charge in [-0.1, -0.05) is 0 Å². The molecule has 1 amide bonds. The lowest BCUT2D eigenvalue weighted by molar-refractivity contribution is 0.0480. The Morgan fingerprint density at radius 3 is 2.52 bits per heavy atom. The molecule has 1 aromatic rings. The number of nitrogen functional groups attached to an aromatic ring is 1. The molecule has 0 saturated carbocycles. The van der Waals surface area contributed by atoms with Crippen molar-refractivity contribution in [1.29, 1.82) is 0 Å². The van der Waals surface area contributed by atoms with Crippen LogP contribution in [0.2, 0.25) is 0 Å². The number of carbonyl (C=O) groups is 1. The van der Waals surface area contributed by atoms with E-state index < -0.39 is 0 Å². The van der Waals surface area contributed by atoms with E-state index in [-0.39, 0.29) is 11.9 Å². The molecule has 0 radical (unpaired) electrons. The Morgan fingerprint density at radius 2 is 2.00 bits per heavy atom. The van der Waals surface area contributed by atoms with E-state index >= 15 is 0 Å². The van der Waals surface area contributed by atoms with E-state index in [9.17, 15) is 4.79 Å². The van der Waals surface area contributed by atoms with Crippen molar-refractivity contribution in [3.8, 4) is 5.75 Å². The Balaban J connectivity index is 2.98. The molecule has 21 heavy (non-hydrogen) atoms. The van der Waals surface area contributed by atoms with E-state index in [0.717, 1.165) is 0 Å². The molecule has 6 heteroatoms. The first-order valence-electron chi connectivity index (χ1n) is 6.77. The maximum atomic E-state index is 12.7. The quantitative estimate of drug-likeness (QED) is 0.734. The second kappa shape index (κ2) is 8.49. The van der Waals surface area contributed by atoms with E-state index in [1.54, 1.807) is 44.4 Å². The van der Waals surface area contributed by atoms with Crippen LogP contribution in [0.5, 0.6) is 5.75 Å². The first-order valence-corrected chi connectivity index (χ1v) is 6.77. The number of amides is 1. The number of hydrogen-bond acceptors (Lipinski definition) is 5. The Morgan fingerprint density at radius 1 is 1.29 bits per heavy atom. The van der Waals surface area contributed by atoms with Gasteiger partial charge in [-0.25, -0.2) is 0 Å². The van der Waals surface area contributed by atoms with Gasteiger partial charge in [0.1, 0.15) is 5.75 Å². The van der Waals surface area contributed by atoms with Crippen LogP contribution in [0, 0.1) is 0 Å². The molecular weight excluding hydrogens is 272 g/mol. The molecule has 0 aromatic heterocycles. The molecule has 1 aromatic carbocycles.